The lowest BCUT2D eigenvalue weighted by molar-refractivity contribution is 0.417. The molecule has 0 amide bonds. The van der Waals surface area contributed by atoms with Gasteiger partial charge >= 0.3 is 0 Å². The summed E-state index contributed by atoms with van der Waals surface area (Å²) in [6.07, 6.45) is 3.92. The van der Waals surface area contributed by atoms with E-state index in [4.69, 9.17) is 11.6 Å². The van der Waals surface area contributed by atoms with Crippen molar-refractivity contribution < 1.29 is 0 Å². The number of hydrogen-bond donors (Lipinski definition) is 0. The Kier molecular flexibility index (Phi) is 2.56. The van der Waals surface area contributed by atoms with Gasteiger partial charge in [-0.1, -0.05) is 16.8 Å². The molecule has 0 aliphatic carbocycles. The van der Waals surface area contributed by atoms with Crippen LogP contribution in [-0.4, -0.2) is 26.5 Å². The van der Waals surface area contributed by atoms with Crippen molar-refractivity contribution in [3.8, 4) is 0 Å². The average molecular weight is 204 g/mol. The molecule has 1 saturated heterocycles. The van der Waals surface area contributed by atoms with Crippen LogP contribution in [0.2, 0.25) is 5.15 Å². The zero-order valence-electron chi connectivity index (χ0n) is 6.61. The second kappa shape index (κ2) is 3.66. The molecule has 0 atom stereocenters. The number of rotatable bonds is 1. The maximum Gasteiger partial charge on any atom is 0.147 e. The monoisotopic (exact) mass is 203 g/mol. The highest BCUT2D eigenvalue weighted by molar-refractivity contribution is 7.99. The minimum absolute atomic E-state index is 0.473. The summed E-state index contributed by atoms with van der Waals surface area (Å²) in [4.78, 5) is 0. The van der Waals surface area contributed by atoms with Crippen LogP contribution in [0.1, 0.15) is 18.9 Å². The van der Waals surface area contributed by atoms with Crippen LogP contribution in [0.25, 0.3) is 0 Å². The SMILES string of the molecule is Clc1cnnn1C1CCSCC1. The smallest absolute Gasteiger partial charge is 0.147 e. The molecule has 2 heterocycles. The van der Waals surface area contributed by atoms with Crippen LogP contribution in [0.5, 0.6) is 0 Å². The molecule has 0 N–H and O–H groups in total. The zero-order valence-corrected chi connectivity index (χ0v) is 8.18. The Labute approximate surface area is 80.5 Å². The topological polar surface area (TPSA) is 30.7 Å². The van der Waals surface area contributed by atoms with E-state index >= 15 is 0 Å². The molecule has 1 fully saturated rings. The van der Waals surface area contributed by atoms with Crippen LogP contribution >= 0.6 is 23.4 Å². The molecule has 5 heteroatoms. The van der Waals surface area contributed by atoms with E-state index in [-0.39, 0.29) is 0 Å². The van der Waals surface area contributed by atoms with Crippen molar-refractivity contribution in [1.29, 1.82) is 0 Å². The lowest BCUT2D eigenvalue weighted by Crippen LogP contribution is -2.16. The van der Waals surface area contributed by atoms with Gasteiger partial charge < -0.3 is 0 Å². The van der Waals surface area contributed by atoms with E-state index in [9.17, 15) is 0 Å². The van der Waals surface area contributed by atoms with Crippen LogP contribution in [0, 0.1) is 0 Å². The van der Waals surface area contributed by atoms with Gasteiger partial charge in [-0.2, -0.15) is 11.8 Å². The third-order valence-electron chi connectivity index (χ3n) is 2.07. The van der Waals surface area contributed by atoms with Crippen molar-refractivity contribution in [2.45, 2.75) is 18.9 Å². The van der Waals surface area contributed by atoms with Crippen LogP contribution in [0.15, 0.2) is 6.20 Å². The van der Waals surface area contributed by atoms with E-state index < -0.39 is 0 Å². The molecule has 0 bridgehead atoms. The van der Waals surface area contributed by atoms with E-state index in [1.165, 1.54) is 11.5 Å². The van der Waals surface area contributed by atoms with Gasteiger partial charge in [-0.15, -0.1) is 5.10 Å². The van der Waals surface area contributed by atoms with E-state index in [1.807, 2.05) is 16.4 Å². The Bertz CT molecular complexity index is 257. The summed E-state index contributed by atoms with van der Waals surface area (Å²) in [5.74, 6) is 2.42. The van der Waals surface area contributed by atoms with Gasteiger partial charge in [-0.25, -0.2) is 4.68 Å². The summed E-state index contributed by atoms with van der Waals surface area (Å²) in [5.41, 5.74) is 0. The van der Waals surface area contributed by atoms with Crippen LogP contribution in [0.4, 0.5) is 0 Å². The number of aromatic nitrogens is 3. The van der Waals surface area contributed by atoms with Crippen LogP contribution in [-0.2, 0) is 0 Å². The average Bonchev–Trinajstić information content (AvgIpc) is 2.53. The highest BCUT2D eigenvalue weighted by Crippen LogP contribution is 2.28. The largest absolute Gasteiger partial charge is 0.231 e. The molecule has 1 aromatic rings. The third kappa shape index (κ3) is 1.59. The molecule has 0 saturated carbocycles. The molecule has 0 aromatic carbocycles. The molecule has 1 aliphatic heterocycles. The van der Waals surface area contributed by atoms with Crippen molar-refractivity contribution >= 4 is 23.4 Å². The molecule has 1 aromatic heterocycles. The van der Waals surface area contributed by atoms with Crippen molar-refractivity contribution in [3.05, 3.63) is 11.3 Å². The second-order valence-electron chi connectivity index (χ2n) is 2.84. The molecule has 12 heavy (non-hydrogen) atoms. The number of thioether (sulfide) groups is 1. The summed E-state index contributed by atoms with van der Waals surface area (Å²) in [7, 11) is 0. The highest BCUT2D eigenvalue weighted by Gasteiger charge is 2.17. The number of halogens is 1. The standard InChI is InChI=1S/C7H10ClN3S/c8-7-5-9-10-11(7)6-1-3-12-4-2-6/h5-6H,1-4H2. The molecular formula is C7H10ClN3S. The van der Waals surface area contributed by atoms with Gasteiger partial charge in [-0.3, -0.25) is 0 Å². The van der Waals surface area contributed by atoms with Gasteiger partial charge in [0, 0.05) is 0 Å². The van der Waals surface area contributed by atoms with Gasteiger partial charge in [0.15, 0.2) is 0 Å². The first kappa shape index (κ1) is 8.38. The van der Waals surface area contributed by atoms with Gasteiger partial charge in [-0.05, 0) is 24.3 Å². The Morgan fingerprint density at radius 1 is 1.50 bits per heavy atom. The molecule has 0 unspecified atom stereocenters. The zero-order chi connectivity index (χ0) is 8.39. The Morgan fingerprint density at radius 3 is 2.83 bits per heavy atom. The Hall–Kier alpha value is -0.220. The van der Waals surface area contributed by atoms with Crippen LogP contribution < -0.4 is 0 Å². The minimum Gasteiger partial charge on any atom is -0.231 e. The molecule has 2 rings (SSSR count). The van der Waals surface area contributed by atoms with Gasteiger partial charge in [0.1, 0.15) is 5.15 Å². The summed E-state index contributed by atoms with van der Waals surface area (Å²) in [6, 6.07) is 0.473. The molecular weight excluding hydrogens is 194 g/mol. The quantitative estimate of drug-likeness (QED) is 0.700. The fraction of sp³-hybridized carbons (Fsp3) is 0.714. The van der Waals surface area contributed by atoms with Gasteiger partial charge in [0.25, 0.3) is 0 Å². The van der Waals surface area contributed by atoms with E-state index in [1.54, 1.807) is 6.20 Å². The third-order valence-corrected chi connectivity index (χ3v) is 3.39. The van der Waals surface area contributed by atoms with Gasteiger partial charge in [0.2, 0.25) is 0 Å². The van der Waals surface area contributed by atoms with Crippen molar-refractivity contribution in [2.24, 2.45) is 0 Å². The predicted molar refractivity (Wildman–Crippen MR) is 50.6 cm³/mol. The predicted octanol–water partition coefficient (Wildman–Crippen LogP) is 2.00. The lowest BCUT2D eigenvalue weighted by atomic mass is 10.2. The molecule has 0 radical (unpaired) electrons. The van der Waals surface area contributed by atoms with Gasteiger partial charge in [0.05, 0.1) is 12.2 Å². The summed E-state index contributed by atoms with van der Waals surface area (Å²) in [5, 5.41) is 8.40. The minimum atomic E-state index is 0.473. The molecule has 0 spiro atoms. The maximum absolute atomic E-state index is 5.90. The molecule has 3 nitrogen and oxygen atoms in total. The number of nitrogens with zero attached hydrogens (tertiary/aromatic N) is 3. The number of hydrogen-bond acceptors (Lipinski definition) is 3. The van der Waals surface area contributed by atoms with E-state index in [0.29, 0.717) is 11.2 Å². The highest BCUT2D eigenvalue weighted by atomic mass is 35.5. The van der Waals surface area contributed by atoms with Crippen molar-refractivity contribution in [3.63, 3.8) is 0 Å². The summed E-state index contributed by atoms with van der Waals surface area (Å²) < 4.78 is 1.83. The van der Waals surface area contributed by atoms with E-state index in [2.05, 4.69) is 10.3 Å². The van der Waals surface area contributed by atoms with E-state index in [0.717, 1.165) is 12.8 Å². The van der Waals surface area contributed by atoms with Crippen molar-refractivity contribution in [1.82, 2.24) is 15.0 Å². The maximum atomic E-state index is 5.90. The fourth-order valence-corrected chi connectivity index (χ4v) is 2.71. The fourth-order valence-electron chi connectivity index (χ4n) is 1.41. The second-order valence-corrected chi connectivity index (χ2v) is 4.46. The Balaban J connectivity index is 2.13. The first-order chi connectivity index (χ1) is 5.88. The van der Waals surface area contributed by atoms with Crippen LogP contribution in [0.3, 0.4) is 0 Å². The summed E-state index contributed by atoms with van der Waals surface area (Å²) >= 11 is 7.90. The van der Waals surface area contributed by atoms with Crippen molar-refractivity contribution in [2.75, 3.05) is 11.5 Å². The first-order valence-corrected chi connectivity index (χ1v) is 5.54. The molecule has 66 valence electrons. The normalized spacial score (nSPS) is 19.8. The Morgan fingerprint density at radius 2 is 2.25 bits per heavy atom. The lowest BCUT2D eigenvalue weighted by Gasteiger charge is -2.21. The summed E-state index contributed by atoms with van der Waals surface area (Å²) in [6.45, 7) is 0. The first-order valence-electron chi connectivity index (χ1n) is 4.01. The molecule has 1 aliphatic rings.